The van der Waals surface area contributed by atoms with Gasteiger partial charge in [-0.3, -0.25) is 4.79 Å². The van der Waals surface area contributed by atoms with Crippen LogP contribution in [0.25, 0.3) is 22.0 Å². The Morgan fingerprint density at radius 1 is 0.893 bits per heavy atom. The second-order valence-corrected chi connectivity index (χ2v) is 6.84. The van der Waals surface area contributed by atoms with Gasteiger partial charge in [0, 0.05) is 16.5 Å². The van der Waals surface area contributed by atoms with Crippen molar-refractivity contribution in [2.75, 3.05) is 6.79 Å². The number of fused-ring (bicyclic) bond motifs is 2. The van der Waals surface area contributed by atoms with E-state index in [4.69, 9.17) is 14.5 Å². The van der Waals surface area contributed by atoms with Crippen LogP contribution in [0.15, 0.2) is 72.8 Å². The van der Waals surface area contributed by atoms with Crippen LogP contribution in [0.5, 0.6) is 11.5 Å². The van der Waals surface area contributed by atoms with Crippen LogP contribution in [0.4, 0.5) is 0 Å². The van der Waals surface area contributed by atoms with Gasteiger partial charge in [0.05, 0.1) is 5.52 Å². The first-order chi connectivity index (χ1) is 13.7. The molecular formula is C24H17NO3. The van der Waals surface area contributed by atoms with Crippen LogP contribution in [-0.4, -0.2) is 17.6 Å². The van der Waals surface area contributed by atoms with E-state index < -0.39 is 0 Å². The third kappa shape index (κ3) is 2.79. The summed E-state index contributed by atoms with van der Waals surface area (Å²) < 4.78 is 10.8. The van der Waals surface area contributed by atoms with Crippen molar-refractivity contribution < 1.29 is 14.3 Å². The van der Waals surface area contributed by atoms with Crippen molar-refractivity contribution in [2.24, 2.45) is 0 Å². The largest absolute Gasteiger partial charge is 0.454 e. The van der Waals surface area contributed by atoms with Crippen LogP contribution in [0, 0.1) is 6.92 Å². The van der Waals surface area contributed by atoms with Crippen molar-refractivity contribution >= 4 is 16.7 Å². The molecule has 1 aromatic heterocycles. The minimum Gasteiger partial charge on any atom is -0.454 e. The molecule has 3 aromatic carbocycles. The SMILES string of the molecule is Cc1ccc2nc(C(=O)c3ccc4c(c3)OCO4)c(-c3ccccc3)cc2c1. The van der Waals surface area contributed by atoms with Crippen molar-refractivity contribution in [3.05, 3.63) is 89.6 Å². The number of carbonyl (C=O) groups excluding carboxylic acids is 1. The zero-order valence-electron chi connectivity index (χ0n) is 15.3. The van der Waals surface area contributed by atoms with Crippen molar-refractivity contribution in [1.82, 2.24) is 4.98 Å². The van der Waals surface area contributed by atoms with Gasteiger partial charge in [-0.15, -0.1) is 0 Å². The van der Waals surface area contributed by atoms with Crippen LogP contribution in [0.1, 0.15) is 21.6 Å². The molecule has 5 rings (SSSR count). The fourth-order valence-electron chi connectivity index (χ4n) is 3.48. The zero-order valence-corrected chi connectivity index (χ0v) is 15.3. The quantitative estimate of drug-likeness (QED) is 0.469. The molecule has 0 N–H and O–H groups in total. The van der Waals surface area contributed by atoms with Crippen molar-refractivity contribution in [3.8, 4) is 22.6 Å². The number of aryl methyl sites for hydroxylation is 1. The van der Waals surface area contributed by atoms with Gasteiger partial charge < -0.3 is 9.47 Å². The van der Waals surface area contributed by atoms with Crippen molar-refractivity contribution in [1.29, 1.82) is 0 Å². The number of ketones is 1. The molecule has 0 atom stereocenters. The summed E-state index contributed by atoms with van der Waals surface area (Å²) in [4.78, 5) is 18.1. The van der Waals surface area contributed by atoms with E-state index in [-0.39, 0.29) is 12.6 Å². The van der Waals surface area contributed by atoms with E-state index in [9.17, 15) is 4.79 Å². The molecule has 0 aliphatic carbocycles. The number of hydrogen-bond donors (Lipinski definition) is 0. The van der Waals surface area contributed by atoms with E-state index in [0.29, 0.717) is 22.8 Å². The molecule has 1 aliphatic heterocycles. The van der Waals surface area contributed by atoms with Gasteiger partial charge in [-0.1, -0.05) is 42.0 Å². The lowest BCUT2D eigenvalue weighted by atomic mass is 9.96. The lowest BCUT2D eigenvalue weighted by Crippen LogP contribution is -2.07. The molecule has 4 aromatic rings. The third-order valence-corrected chi connectivity index (χ3v) is 4.90. The van der Waals surface area contributed by atoms with E-state index in [1.165, 1.54) is 0 Å². The first-order valence-corrected chi connectivity index (χ1v) is 9.10. The normalized spacial score (nSPS) is 12.3. The monoisotopic (exact) mass is 367 g/mol. The maximum atomic E-state index is 13.4. The van der Waals surface area contributed by atoms with Gasteiger partial charge in [-0.2, -0.15) is 0 Å². The molecular weight excluding hydrogens is 350 g/mol. The Labute approximate surface area is 162 Å². The molecule has 0 saturated carbocycles. The van der Waals surface area contributed by atoms with Crippen LogP contribution in [0.2, 0.25) is 0 Å². The highest BCUT2D eigenvalue weighted by Gasteiger charge is 2.21. The number of benzene rings is 3. The highest BCUT2D eigenvalue weighted by molar-refractivity contribution is 6.13. The number of aromatic nitrogens is 1. The summed E-state index contributed by atoms with van der Waals surface area (Å²) in [5, 5.41) is 1.01. The molecule has 2 heterocycles. The van der Waals surface area contributed by atoms with Gasteiger partial charge in [-0.05, 0) is 48.9 Å². The van der Waals surface area contributed by atoms with Crippen LogP contribution in [-0.2, 0) is 0 Å². The molecule has 0 radical (unpaired) electrons. The Kier molecular flexibility index (Phi) is 3.83. The Morgan fingerprint density at radius 2 is 1.71 bits per heavy atom. The van der Waals surface area contributed by atoms with Crippen LogP contribution >= 0.6 is 0 Å². The first-order valence-electron chi connectivity index (χ1n) is 9.10. The lowest BCUT2D eigenvalue weighted by molar-refractivity contribution is 0.103. The number of pyridine rings is 1. The molecule has 136 valence electrons. The average Bonchev–Trinajstić information content (AvgIpc) is 3.21. The second-order valence-electron chi connectivity index (χ2n) is 6.84. The number of carbonyl (C=O) groups is 1. The maximum Gasteiger partial charge on any atom is 0.231 e. The van der Waals surface area contributed by atoms with Crippen molar-refractivity contribution in [2.45, 2.75) is 6.92 Å². The van der Waals surface area contributed by atoms with E-state index in [2.05, 4.69) is 6.07 Å². The summed E-state index contributed by atoms with van der Waals surface area (Å²) in [6.07, 6.45) is 0. The molecule has 0 bridgehead atoms. The molecule has 0 saturated heterocycles. The van der Waals surface area contributed by atoms with Gasteiger partial charge in [-0.25, -0.2) is 4.98 Å². The average molecular weight is 367 g/mol. The summed E-state index contributed by atoms with van der Waals surface area (Å²) in [6, 6.07) is 23.2. The van der Waals surface area contributed by atoms with E-state index in [1.54, 1.807) is 18.2 Å². The Hall–Kier alpha value is -3.66. The molecule has 4 nitrogen and oxygen atoms in total. The highest BCUT2D eigenvalue weighted by atomic mass is 16.7. The molecule has 0 amide bonds. The summed E-state index contributed by atoms with van der Waals surface area (Å²) in [6.45, 7) is 2.23. The van der Waals surface area contributed by atoms with E-state index in [0.717, 1.165) is 27.6 Å². The second kappa shape index (κ2) is 6.50. The van der Waals surface area contributed by atoms with Crippen molar-refractivity contribution in [3.63, 3.8) is 0 Å². The number of hydrogen-bond acceptors (Lipinski definition) is 4. The summed E-state index contributed by atoms with van der Waals surface area (Å²) >= 11 is 0. The van der Waals surface area contributed by atoms with E-state index in [1.807, 2.05) is 55.5 Å². The topological polar surface area (TPSA) is 48.4 Å². The smallest absolute Gasteiger partial charge is 0.231 e. The molecule has 0 spiro atoms. The Morgan fingerprint density at radius 3 is 2.57 bits per heavy atom. The number of rotatable bonds is 3. The standard InChI is InChI=1S/C24H17NO3/c1-15-7-9-20-18(11-15)12-19(16-5-3-2-4-6-16)23(25-20)24(26)17-8-10-21-22(13-17)28-14-27-21/h2-13H,14H2,1H3. The summed E-state index contributed by atoms with van der Waals surface area (Å²) in [7, 11) is 0. The zero-order chi connectivity index (χ0) is 19.1. The van der Waals surface area contributed by atoms with E-state index >= 15 is 0 Å². The predicted octanol–water partition coefficient (Wildman–Crippen LogP) is 5.17. The summed E-state index contributed by atoms with van der Waals surface area (Å²) in [5.74, 6) is 1.10. The Bertz CT molecular complexity index is 1220. The molecule has 4 heteroatoms. The number of ether oxygens (including phenoxy) is 2. The highest BCUT2D eigenvalue weighted by Crippen LogP contribution is 2.34. The first kappa shape index (κ1) is 16.5. The fraction of sp³-hybridized carbons (Fsp3) is 0.0833. The Balaban J connectivity index is 1.71. The minimum atomic E-state index is -0.139. The molecule has 28 heavy (non-hydrogen) atoms. The minimum absolute atomic E-state index is 0.139. The molecule has 1 aliphatic rings. The molecule has 0 fully saturated rings. The maximum absolute atomic E-state index is 13.4. The van der Waals surface area contributed by atoms with Crippen LogP contribution in [0.3, 0.4) is 0 Å². The third-order valence-electron chi connectivity index (χ3n) is 4.90. The van der Waals surface area contributed by atoms with Gasteiger partial charge in [0.1, 0.15) is 5.69 Å². The lowest BCUT2D eigenvalue weighted by Gasteiger charge is -2.11. The van der Waals surface area contributed by atoms with Gasteiger partial charge in [0.15, 0.2) is 11.5 Å². The predicted molar refractivity (Wildman–Crippen MR) is 108 cm³/mol. The van der Waals surface area contributed by atoms with Gasteiger partial charge in [0.25, 0.3) is 0 Å². The van der Waals surface area contributed by atoms with Gasteiger partial charge >= 0.3 is 0 Å². The van der Waals surface area contributed by atoms with Crippen LogP contribution < -0.4 is 9.47 Å². The molecule has 0 unspecified atom stereocenters. The van der Waals surface area contributed by atoms with Gasteiger partial charge in [0.2, 0.25) is 12.6 Å². The fourth-order valence-corrected chi connectivity index (χ4v) is 3.48. The number of nitrogens with zero attached hydrogens (tertiary/aromatic N) is 1. The summed E-state index contributed by atoms with van der Waals surface area (Å²) in [5.41, 5.74) is 4.70.